The van der Waals surface area contributed by atoms with Crippen LogP contribution in [0, 0.1) is 11.3 Å². The lowest BCUT2D eigenvalue weighted by Gasteiger charge is -2.26. The highest BCUT2D eigenvalue weighted by molar-refractivity contribution is 4.74. The highest BCUT2D eigenvalue weighted by Gasteiger charge is 2.20. The summed E-state index contributed by atoms with van der Waals surface area (Å²) in [6, 6.07) is 0. The molecule has 0 aromatic heterocycles. The molecule has 2 nitrogen and oxygen atoms in total. The van der Waals surface area contributed by atoms with Gasteiger partial charge in [-0.2, -0.15) is 0 Å². The quantitative estimate of drug-likeness (QED) is 0.625. The molecule has 1 fully saturated rings. The molecule has 0 heterocycles. The van der Waals surface area contributed by atoms with Gasteiger partial charge in [0.2, 0.25) is 0 Å². The lowest BCUT2D eigenvalue weighted by Crippen LogP contribution is -2.34. The molecule has 2 heteroatoms. The highest BCUT2D eigenvalue weighted by Crippen LogP contribution is 2.28. The predicted octanol–water partition coefficient (Wildman–Crippen LogP) is 2.96. The molecule has 16 heavy (non-hydrogen) atoms. The topological polar surface area (TPSA) is 32.3 Å². The number of rotatable bonds is 8. The van der Waals surface area contributed by atoms with E-state index in [1.807, 2.05) is 0 Å². The van der Waals surface area contributed by atoms with Crippen molar-refractivity contribution < 1.29 is 5.11 Å². The van der Waals surface area contributed by atoms with Crippen molar-refractivity contribution in [2.45, 2.75) is 58.8 Å². The van der Waals surface area contributed by atoms with Gasteiger partial charge in [-0.05, 0) is 31.7 Å². The zero-order valence-corrected chi connectivity index (χ0v) is 11.1. The van der Waals surface area contributed by atoms with Crippen LogP contribution in [0.15, 0.2) is 0 Å². The minimum atomic E-state index is 0.0767. The van der Waals surface area contributed by atoms with Crippen molar-refractivity contribution in [3.05, 3.63) is 0 Å². The summed E-state index contributed by atoms with van der Waals surface area (Å²) in [7, 11) is 0. The predicted molar refractivity (Wildman–Crippen MR) is 69.5 cm³/mol. The van der Waals surface area contributed by atoms with Gasteiger partial charge >= 0.3 is 0 Å². The summed E-state index contributed by atoms with van der Waals surface area (Å²) < 4.78 is 0. The van der Waals surface area contributed by atoms with Crippen LogP contribution < -0.4 is 5.32 Å². The second-order valence-electron chi connectivity index (χ2n) is 5.79. The normalized spacial score (nSPS) is 21.2. The number of aliphatic hydroxyl groups is 1. The Hall–Kier alpha value is -0.0800. The molecule has 0 saturated heterocycles. The van der Waals surface area contributed by atoms with Crippen LogP contribution in [0.2, 0.25) is 0 Å². The van der Waals surface area contributed by atoms with Gasteiger partial charge in [-0.15, -0.1) is 0 Å². The Kier molecular flexibility index (Phi) is 6.37. The molecule has 1 aliphatic carbocycles. The largest absolute Gasteiger partial charge is 0.396 e. The Morgan fingerprint density at radius 3 is 2.56 bits per heavy atom. The second-order valence-corrected chi connectivity index (χ2v) is 5.79. The van der Waals surface area contributed by atoms with Crippen molar-refractivity contribution in [3.63, 3.8) is 0 Å². The fraction of sp³-hybridized carbons (Fsp3) is 1.00. The first-order valence-electron chi connectivity index (χ1n) is 7.02. The fourth-order valence-electron chi connectivity index (χ4n) is 2.50. The molecule has 0 amide bonds. The maximum atomic E-state index is 9.27. The van der Waals surface area contributed by atoms with Crippen LogP contribution in [0.1, 0.15) is 58.8 Å². The van der Waals surface area contributed by atoms with Gasteiger partial charge in [0.05, 0.1) is 0 Å². The highest BCUT2D eigenvalue weighted by atomic mass is 16.3. The number of aliphatic hydroxyl groups excluding tert-OH is 1. The second kappa shape index (κ2) is 7.29. The summed E-state index contributed by atoms with van der Waals surface area (Å²) in [6.07, 6.45) is 9.57. The van der Waals surface area contributed by atoms with Crippen LogP contribution in [0.4, 0.5) is 0 Å². The zero-order valence-electron chi connectivity index (χ0n) is 11.1. The molecule has 1 atom stereocenters. The van der Waals surface area contributed by atoms with Crippen molar-refractivity contribution in [2.24, 2.45) is 11.3 Å². The van der Waals surface area contributed by atoms with Crippen LogP contribution in [0.3, 0.4) is 0 Å². The molecule has 0 bridgehead atoms. The van der Waals surface area contributed by atoms with E-state index in [9.17, 15) is 5.11 Å². The third kappa shape index (κ3) is 4.84. The Labute approximate surface area is 101 Å². The van der Waals surface area contributed by atoms with Gasteiger partial charge in [0.25, 0.3) is 0 Å². The van der Waals surface area contributed by atoms with Gasteiger partial charge in [0, 0.05) is 18.6 Å². The van der Waals surface area contributed by atoms with Gasteiger partial charge in [0.15, 0.2) is 0 Å². The monoisotopic (exact) mass is 227 g/mol. The SMILES string of the molecule is CCC(C)(CO)CNCCCC1CCCC1. The number of hydrogen-bond acceptors (Lipinski definition) is 2. The van der Waals surface area contributed by atoms with Crippen LogP contribution >= 0.6 is 0 Å². The molecule has 1 rings (SSSR count). The summed E-state index contributed by atoms with van der Waals surface area (Å²) in [5, 5.41) is 12.8. The molecule has 1 saturated carbocycles. The molecule has 0 aromatic rings. The Morgan fingerprint density at radius 1 is 1.31 bits per heavy atom. The van der Waals surface area contributed by atoms with Gasteiger partial charge < -0.3 is 10.4 Å². The van der Waals surface area contributed by atoms with Crippen LogP contribution in [-0.2, 0) is 0 Å². The maximum absolute atomic E-state index is 9.27. The van der Waals surface area contributed by atoms with E-state index >= 15 is 0 Å². The van der Waals surface area contributed by atoms with Crippen molar-refractivity contribution in [3.8, 4) is 0 Å². The van der Waals surface area contributed by atoms with E-state index < -0.39 is 0 Å². The van der Waals surface area contributed by atoms with E-state index in [2.05, 4.69) is 19.2 Å². The van der Waals surface area contributed by atoms with Crippen molar-refractivity contribution in [1.82, 2.24) is 5.32 Å². The first-order valence-corrected chi connectivity index (χ1v) is 7.02. The smallest absolute Gasteiger partial charge is 0.0496 e. The summed E-state index contributed by atoms with van der Waals surface area (Å²) in [5.41, 5.74) is 0.0767. The van der Waals surface area contributed by atoms with Gasteiger partial charge in [-0.25, -0.2) is 0 Å². The Balaban J connectivity index is 1.98. The summed E-state index contributed by atoms with van der Waals surface area (Å²) in [4.78, 5) is 0. The average molecular weight is 227 g/mol. The van der Waals surface area contributed by atoms with Gasteiger partial charge in [0.1, 0.15) is 0 Å². The number of nitrogens with one attached hydrogen (secondary N) is 1. The van der Waals surface area contributed by atoms with Crippen molar-refractivity contribution in [1.29, 1.82) is 0 Å². The average Bonchev–Trinajstić information content (AvgIpc) is 2.81. The lowest BCUT2D eigenvalue weighted by atomic mass is 9.88. The summed E-state index contributed by atoms with van der Waals surface area (Å²) >= 11 is 0. The van der Waals surface area contributed by atoms with E-state index in [1.54, 1.807) is 0 Å². The van der Waals surface area contributed by atoms with Crippen molar-refractivity contribution >= 4 is 0 Å². The van der Waals surface area contributed by atoms with E-state index in [1.165, 1.54) is 38.5 Å². The Bertz CT molecular complexity index is 172. The lowest BCUT2D eigenvalue weighted by molar-refractivity contribution is 0.135. The molecule has 2 N–H and O–H groups in total. The maximum Gasteiger partial charge on any atom is 0.0496 e. The van der Waals surface area contributed by atoms with Crippen LogP contribution in [0.25, 0.3) is 0 Å². The first kappa shape index (κ1) is 14.0. The fourth-order valence-corrected chi connectivity index (χ4v) is 2.50. The molecule has 0 aromatic carbocycles. The first-order chi connectivity index (χ1) is 7.70. The minimum Gasteiger partial charge on any atom is -0.396 e. The molecule has 1 aliphatic rings. The van der Waals surface area contributed by atoms with Crippen molar-refractivity contribution in [2.75, 3.05) is 19.7 Å². The molecule has 96 valence electrons. The van der Waals surface area contributed by atoms with Crippen LogP contribution in [0.5, 0.6) is 0 Å². The molecular weight excluding hydrogens is 198 g/mol. The number of hydrogen-bond donors (Lipinski definition) is 2. The van der Waals surface area contributed by atoms with Gasteiger partial charge in [-0.3, -0.25) is 0 Å². The van der Waals surface area contributed by atoms with E-state index in [0.29, 0.717) is 6.61 Å². The Morgan fingerprint density at radius 2 is 2.00 bits per heavy atom. The van der Waals surface area contributed by atoms with Gasteiger partial charge in [-0.1, -0.05) is 39.5 Å². The van der Waals surface area contributed by atoms with E-state index in [0.717, 1.165) is 25.4 Å². The minimum absolute atomic E-state index is 0.0767. The van der Waals surface area contributed by atoms with E-state index in [4.69, 9.17) is 0 Å². The zero-order chi connectivity index (χ0) is 11.9. The molecule has 0 aliphatic heterocycles. The van der Waals surface area contributed by atoms with E-state index in [-0.39, 0.29) is 5.41 Å². The standard InChI is InChI=1S/C14H29NO/c1-3-14(2,12-16)11-15-10-6-9-13-7-4-5-8-13/h13,15-16H,3-12H2,1-2H3. The van der Waals surface area contributed by atoms with Crippen LogP contribution in [-0.4, -0.2) is 24.8 Å². The molecule has 0 radical (unpaired) electrons. The third-order valence-corrected chi connectivity index (χ3v) is 4.23. The third-order valence-electron chi connectivity index (χ3n) is 4.23. The molecule has 0 spiro atoms. The molecule has 1 unspecified atom stereocenters. The summed E-state index contributed by atoms with van der Waals surface area (Å²) in [5.74, 6) is 1.01. The summed E-state index contributed by atoms with van der Waals surface area (Å²) in [6.45, 7) is 6.66. The molecular formula is C14H29NO.